The van der Waals surface area contributed by atoms with Crippen molar-refractivity contribution in [3.8, 4) is 11.5 Å². The molecule has 3 N–H and O–H groups in total. The Kier molecular flexibility index (Phi) is 7.03. The lowest BCUT2D eigenvalue weighted by Gasteiger charge is -2.14. The van der Waals surface area contributed by atoms with Crippen molar-refractivity contribution in [1.82, 2.24) is 10.9 Å². The van der Waals surface area contributed by atoms with Gasteiger partial charge < -0.3 is 14.8 Å². The van der Waals surface area contributed by atoms with Gasteiger partial charge in [-0.3, -0.25) is 15.6 Å². The molecule has 0 unspecified atom stereocenters. The molecule has 0 saturated carbocycles. The number of thiocarbonyl (C=S) groups is 1. The Hall–Kier alpha value is -2.80. The monoisotopic (exact) mass is 359 g/mol. The van der Waals surface area contributed by atoms with E-state index in [9.17, 15) is 4.79 Å². The van der Waals surface area contributed by atoms with Crippen molar-refractivity contribution in [2.45, 2.75) is 13.3 Å². The van der Waals surface area contributed by atoms with Gasteiger partial charge in [0.05, 0.1) is 7.11 Å². The van der Waals surface area contributed by atoms with Gasteiger partial charge in [-0.25, -0.2) is 0 Å². The second kappa shape index (κ2) is 9.48. The van der Waals surface area contributed by atoms with Crippen LogP contribution in [0.3, 0.4) is 0 Å². The summed E-state index contributed by atoms with van der Waals surface area (Å²) in [5.74, 6) is 0.958. The molecule has 2 rings (SSSR count). The van der Waals surface area contributed by atoms with E-state index in [0.29, 0.717) is 10.9 Å². The molecule has 0 aromatic heterocycles. The van der Waals surface area contributed by atoms with E-state index in [1.807, 2.05) is 24.3 Å². The number of hydrogen-bond donors (Lipinski definition) is 3. The molecule has 25 heavy (non-hydrogen) atoms. The second-order valence-electron chi connectivity index (χ2n) is 5.10. The maximum absolute atomic E-state index is 11.8. The van der Waals surface area contributed by atoms with Gasteiger partial charge in [0.1, 0.15) is 11.5 Å². The first kappa shape index (κ1) is 18.5. The van der Waals surface area contributed by atoms with Crippen LogP contribution in [0.2, 0.25) is 0 Å². The van der Waals surface area contributed by atoms with Crippen LogP contribution in [0.1, 0.15) is 12.5 Å². The number of aryl methyl sites for hydroxylation is 1. The SMILES string of the molecule is CCc1ccccc1NC(=S)NNC(=O)COc1ccc(OC)cc1. The molecule has 0 fully saturated rings. The molecule has 2 aromatic carbocycles. The first-order valence-electron chi connectivity index (χ1n) is 7.83. The minimum absolute atomic E-state index is 0.131. The fourth-order valence-electron chi connectivity index (χ4n) is 2.09. The average Bonchev–Trinajstić information content (AvgIpc) is 2.65. The van der Waals surface area contributed by atoms with Crippen molar-refractivity contribution < 1.29 is 14.3 Å². The van der Waals surface area contributed by atoms with Gasteiger partial charge in [-0.15, -0.1) is 0 Å². The van der Waals surface area contributed by atoms with Crippen molar-refractivity contribution in [2.24, 2.45) is 0 Å². The molecule has 0 bridgehead atoms. The van der Waals surface area contributed by atoms with Crippen LogP contribution in [0, 0.1) is 0 Å². The largest absolute Gasteiger partial charge is 0.497 e. The Balaban J connectivity index is 1.74. The molecule has 1 amide bonds. The molecular weight excluding hydrogens is 338 g/mol. The van der Waals surface area contributed by atoms with Crippen LogP contribution in [0.5, 0.6) is 11.5 Å². The van der Waals surface area contributed by atoms with Crippen LogP contribution in [0.4, 0.5) is 5.69 Å². The van der Waals surface area contributed by atoms with E-state index >= 15 is 0 Å². The van der Waals surface area contributed by atoms with E-state index in [2.05, 4.69) is 23.1 Å². The number of nitrogens with one attached hydrogen (secondary N) is 3. The number of anilines is 1. The summed E-state index contributed by atoms with van der Waals surface area (Å²) in [6, 6.07) is 14.8. The van der Waals surface area contributed by atoms with Crippen LogP contribution in [0.15, 0.2) is 48.5 Å². The van der Waals surface area contributed by atoms with Gasteiger partial charge in [-0.1, -0.05) is 25.1 Å². The molecule has 0 aliphatic heterocycles. The highest BCUT2D eigenvalue weighted by Gasteiger charge is 2.05. The Morgan fingerprint density at radius 3 is 2.40 bits per heavy atom. The normalized spacial score (nSPS) is 9.84. The number of amides is 1. The zero-order valence-corrected chi connectivity index (χ0v) is 15.0. The Bertz CT molecular complexity index is 720. The highest BCUT2D eigenvalue weighted by molar-refractivity contribution is 7.80. The zero-order valence-electron chi connectivity index (χ0n) is 14.2. The smallest absolute Gasteiger partial charge is 0.276 e. The molecule has 0 atom stereocenters. The zero-order chi connectivity index (χ0) is 18.1. The van der Waals surface area contributed by atoms with Gasteiger partial charge in [0, 0.05) is 5.69 Å². The van der Waals surface area contributed by atoms with E-state index in [4.69, 9.17) is 21.7 Å². The molecular formula is C18H21N3O3S. The van der Waals surface area contributed by atoms with E-state index in [-0.39, 0.29) is 12.5 Å². The van der Waals surface area contributed by atoms with Crippen LogP contribution in [0.25, 0.3) is 0 Å². The van der Waals surface area contributed by atoms with Gasteiger partial charge >= 0.3 is 0 Å². The molecule has 0 aliphatic rings. The van der Waals surface area contributed by atoms with Gasteiger partial charge in [0.2, 0.25) is 0 Å². The van der Waals surface area contributed by atoms with E-state index in [1.54, 1.807) is 31.4 Å². The summed E-state index contributed by atoms with van der Waals surface area (Å²) in [4.78, 5) is 11.8. The number of methoxy groups -OCH3 is 1. The number of ether oxygens (including phenoxy) is 2. The Morgan fingerprint density at radius 1 is 1.04 bits per heavy atom. The number of hydrogen-bond acceptors (Lipinski definition) is 4. The van der Waals surface area contributed by atoms with Crippen LogP contribution in [-0.4, -0.2) is 24.7 Å². The van der Waals surface area contributed by atoms with E-state index in [0.717, 1.165) is 23.4 Å². The number of para-hydroxylation sites is 1. The lowest BCUT2D eigenvalue weighted by atomic mass is 10.1. The molecule has 0 spiro atoms. The van der Waals surface area contributed by atoms with Crippen molar-refractivity contribution in [3.05, 3.63) is 54.1 Å². The summed E-state index contributed by atoms with van der Waals surface area (Å²) in [5, 5.41) is 3.36. The highest BCUT2D eigenvalue weighted by Crippen LogP contribution is 2.17. The summed E-state index contributed by atoms with van der Waals surface area (Å²) >= 11 is 5.18. The number of carbonyl (C=O) groups is 1. The van der Waals surface area contributed by atoms with Crippen molar-refractivity contribution in [1.29, 1.82) is 0 Å². The highest BCUT2D eigenvalue weighted by atomic mass is 32.1. The summed E-state index contributed by atoms with van der Waals surface area (Å²) in [7, 11) is 1.59. The van der Waals surface area contributed by atoms with Crippen LogP contribution in [-0.2, 0) is 11.2 Å². The molecule has 6 nitrogen and oxygen atoms in total. The molecule has 2 aromatic rings. The first-order chi connectivity index (χ1) is 12.1. The number of carbonyl (C=O) groups excluding carboxylic acids is 1. The van der Waals surface area contributed by atoms with Gasteiger partial charge in [-0.05, 0) is 54.5 Å². The number of benzene rings is 2. The van der Waals surface area contributed by atoms with E-state index < -0.39 is 0 Å². The second-order valence-corrected chi connectivity index (χ2v) is 5.51. The topological polar surface area (TPSA) is 71.6 Å². The van der Waals surface area contributed by atoms with Crippen molar-refractivity contribution in [2.75, 3.05) is 19.0 Å². The maximum atomic E-state index is 11.8. The molecule has 132 valence electrons. The van der Waals surface area contributed by atoms with Crippen molar-refractivity contribution >= 4 is 28.9 Å². The molecule has 0 aliphatic carbocycles. The quantitative estimate of drug-likeness (QED) is 0.544. The van der Waals surface area contributed by atoms with Crippen LogP contribution < -0.4 is 25.6 Å². The Morgan fingerprint density at radius 2 is 1.72 bits per heavy atom. The summed E-state index contributed by atoms with van der Waals surface area (Å²) in [6.45, 7) is 1.93. The third-order valence-corrected chi connectivity index (χ3v) is 3.60. The van der Waals surface area contributed by atoms with E-state index in [1.165, 1.54) is 0 Å². The van der Waals surface area contributed by atoms with Crippen LogP contribution >= 0.6 is 12.2 Å². The lowest BCUT2D eigenvalue weighted by molar-refractivity contribution is -0.123. The van der Waals surface area contributed by atoms with Gasteiger partial charge in [0.25, 0.3) is 5.91 Å². The summed E-state index contributed by atoms with van der Waals surface area (Å²) in [6.07, 6.45) is 0.883. The molecule has 0 heterocycles. The van der Waals surface area contributed by atoms with Crippen molar-refractivity contribution in [3.63, 3.8) is 0 Å². The Labute approximate surface area is 152 Å². The standard InChI is InChI=1S/C18H21N3O3S/c1-3-13-6-4-5-7-16(13)19-18(25)21-20-17(22)12-24-15-10-8-14(23-2)9-11-15/h4-11H,3,12H2,1-2H3,(H,20,22)(H2,19,21,25). The molecule has 7 heteroatoms. The minimum atomic E-state index is -0.344. The van der Waals surface area contributed by atoms with Gasteiger partial charge in [0.15, 0.2) is 11.7 Å². The molecule has 0 radical (unpaired) electrons. The summed E-state index contributed by atoms with van der Waals surface area (Å²) < 4.78 is 10.4. The fourth-order valence-corrected chi connectivity index (χ4v) is 2.25. The van der Waals surface area contributed by atoms with Gasteiger partial charge in [-0.2, -0.15) is 0 Å². The fraction of sp³-hybridized carbons (Fsp3) is 0.222. The first-order valence-corrected chi connectivity index (χ1v) is 8.23. The number of hydrazine groups is 1. The third kappa shape index (κ3) is 5.96. The maximum Gasteiger partial charge on any atom is 0.276 e. The predicted octanol–water partition coefficient (Wildman–Crippen LogP) is 2.65. The lowest BCUT2D eigenvalue weighted by Crippen LogP contribution is -2.45. The molecule has 0 saturated heterocycles. The average molecular weight is 359 g/mol. The predicted molar refractivity (Wildman–Crippen MR) is 102 cm³/mol. The minimum Gasteiger partial charge on any atom is -0.497 e. The number of rotatable bonds is 6. The summed E-state index contributed by atoms with van der Waals surface area (Å²) in [5.41, 5.74) is 7.20. The third-order valence-electron chi connectivity index (χ3n) is 3.39.